The second kappa shape index (κ2) is 11.0. The van der Waals surface area contributed by atoms with Crippen LogP contribution in [0.15, 0.2) is 65.7 Å². The molecular weight excluding hydrogens is 401 g/mol. The lowest BCUT2D eigenvalue weighted by Crippen LogP contribution is -2.22. The maximum Gasteiger partial charge on any atom is 0.193 e. The average molecular weight is 425 g/mol. The molecule has 1 unspecified atom stereocenters. The van der Waals surface area contributed by atoms with Crippen molar-refractivity contribution in [2.75, 3.05) is 18.5 Å². The van der Waals surface area contributed by atoms with Gasteiger partial charge in [0.05, 0.1) is 6.10 Å². The fraction of sp³-hybridized carbons (Fsp3) is 0.278. The second-order valence-corrected chi connectivity index (χ2v) is 5.04. The number of ether oxygens (including phenoxy) is 1. The molecule has 1 atom stereocenters. The average Bonchev–Trinajstić information content (AvgIpc) is 2.56. The molecule has 0 heterocycles. The van der Waals surface area contributed by atoms with Gasteiger partial charge in [-0.15, -0.1) is 24.0 Å². The van der Waals surface area contributed by atoms with E-state index in [1.807, 2.05) is 48.5 Å². The minimum absolute atomic E-state index is 0. The number of hydrogen-bond donors (Lipinski definition) is 2. The Balaban J connectivity index is 0.00000264. The SMILES string of the molecule is CC(OCCCN=C(N)Nc1ccccc1)c1ccccc1.I. The van der Waals surface area contributed by atoms with E-state index in [9.17, 15) is 0 Å². The van der Waals surface area contributed by atoms with Gasteiger partial charge >= 0.3 is 0 Å². The zero-order chi connectivity index (χ0) is 15.6. The largest absolute Gasteiger partial charge is 0.374 e. The van der Waals surface area contributed by atoms with Crippen LogP contribution in [0.25, 0.3) is 0 Å². The summed E-state index contributed by atoms with van der Waals surface area (Å²) in [7, 11) is 0. The summed E-state index contributed by atoms with van der Waals surface area (Å²) in [6.45, 7) is 3.37. The molecule has 0 saturated carbocycles. The molecule has 2 aromatic carbocycles. The molecule has 4 nitrogen and oxygen atoms in total. The molecule has 0 fully saturated rings. The van der Waals surface area contributed by atoms with E-state index < -0.39 is 0 Å². The Bertz CT molecular complexity index is 575. The molecule has 0 amide bonds. The summed E-state index contributed by atoms with van der Waals surface area (Å²) in [6.07, 6.45) is 0.943. The van der Waals surface area contributed by atoms with Gasteiger partial charge in [0.2, 0.25) is 0 Å². The third-order valence-corrected chi connectivity index (χ3v) is 3.27. The number of nitrogens with two attached hydrogens (primary N) is 1. The van der Waals surface area contributed by atoms with Crippen molar-refractivity contribution in [3.63, 3.8) is 0 Å². The van der Waals surface area contributed by atoms with Crippen molar-refractivity contribution in [1.29, 1.82) is 0 Å². The molecule has 5 heteroatoms. The minimum atomic E-state index is 0. The Kier molecular flexibility index (Phi) is 9.31. The standard InChI is InChI=1S/C18H23N3O.HI/c1-15(16-9-4-2-5-10-16)22-14-8-13-20-18(19)21-17-11-6-3-7-12-17;/h2-7,9-12,15H,8,13-14H2,1H3,(H3,19,20,21);1H. The van der Waals surface area contributed by atoms with E-state index in [1.54, 1.807) is 0 Å². The van der Waals surface area contributed by atoms with Gasteiger partial charge < -0.3 is 15.8 Å². The van der Waals surface area contributed by atoms with Gasteiger partial charge in [0, 0.05) is 18.8 Å². The van der Waals surface area contributed by atoms with Gasteiger partial charge in [-0.1, -0.05) is 48.5 Å². The normalized spacial score (nSPS) is 12.3. The molecule has 0 aliphatic heterocycles. The number of para-hydroxylation sites is 1. The number of halogens is 1. The summed E-state index contributed by atoms with van der Waals surface area (Å²) in [4.78, 5) is 4.29. The molecule has 0 radical (unpaired) electrons. The minimum Gasteiger partial charge on any atom is -0.374 e. The van der Waals surface area contributed by atoms with Crippen molar-refractivity contribution in [2.24, 2.45) is 10.7 Å². The van der Waals surface area contributed by atoms with Crippen molar-refractivity contribution in [2.45, 2.75) is 19.4 Å². The van der Waals surface area contributed by atoms with E-state index >= 15 is 0 Å². The summed E-state index contributed by atoms with van der Waals surface area (Å²) in [5.41, 5.74) is 7.97. The molecule has 3 N–H and O–H groups in total. The Morgan fingerprint density at radius 1 is 1.09 bits per heavy atom. The van der Waals surface area contributed by atoms with Gasteiger partial charge in [-0.3, -0.25) is 4.99 Å². The summed E-state index contributed by atoms with van der Waals surface area (Å²) < 4.78 is 5.80. The number of anilines is 1. The van der Waals surface area contributed by atoms with Crippen molar-refractivity contribution in [3.8, 4) is 0 Å². The van der Waals surface area contributed by atoms with Crippen LogP contribution in [-0.2, 0) is 4.74 Å². The van der Waals surface area contributed by atoms with Crippen molar-refractivity contribution in [3.05, 3.63) is 66.2 Å². The second-order valence-electron chi connectivity index (χ2n) is 5.04. The van der Waals surface area contributed by atoms with Gasteiger partial charge in [-0.05, 0) is 31.0 Å². The maximum atomic E-state index is 5.84. The van der Waals surface area contributed by atoms with Crippen molar-refractivity contribution in [1.82, 2.24) is 0 Å². The molecule has 0 bridgehead atoms. The molecule has 0 saturated heterocycles. The fourth-order valence-corrected chi connectivity index (χ4v) is 2.05. The number of aliphatic imine (C=N–C) groups is 1. The Hall–Kier alpha value is -1.60. The van der Waals surface area contributed by atoms with Gasteiger partial charge in [0.25, 0.3) is 0 Å². The fourth-order valence-electron chi connectivity index (χ4n) is 2.05. The monoisotopic (exact) mass is 425 g/mol. The van der Waals surface area contributed by atoms with E-state index in [4.69, 9.17) is 10.5 Å². The first-order valence-electron chi connectivity index (χ1n) is 7.54. The third kappa shape index (κ3) is 7.47. The highest BCUT2D eigenvalue weighted by Gasteiger charge is 2.03. The van der Waals surface area contributed by atoms with Crippen LogP contribution in [0.1, 0.15) is 25.0 Å². The lowest BCUT2D eigenvalue weighted by molar-refractivity contribution is 0.0652. The van der Waals surface area contributed by atoms with E-state index in [1.165, 1.54) is 5.56 Å². The van der Waals surface area contributed by atoms with Crippen LogP contribution in [0.4, 0.5) is 5.69 Å². The number of hydrogen-bond acceptors (Lipinski definition) is 2. The van der Waals surface area contributed by atoms with Gasteiger partial charge in [0.15, 0.2) is 5.96 Å². The first kappa shape index (κ1) is 19.4. The predicted molar refractivity (Wildman–Crippen MR) is 107 cm³/mol. The summed E-state index contributed by atoms with van der Waals surface area (Å²) >= 11 is 0. The third-order valence-electron chi connectivity index (χ3n) is 3.27. The lowest BCUT2D eigenvalue weighted by Gasteiger charge is -2.12. The van der Waals surface area contributed by atoms with Crippen molar-refractivity contribution >= 4 is 35.6 Å². The van der Waals surface area contributed by atoms with E-state index in [2.05, 4.69) is 29.4 Å². The summed E-state index contributed by atoms with van der Waals surface area (Å²) in [5, 5.41) is 3.05. The highest BCUT2D eigenvalue weighted by Crippen LogP contribution is 2.15. The Morgan fingerprint density at radius 2 is 1.70 bits per heavy atom. The smallest absolute Gasteiger partial charge is 0.193 e. The molecule has 2 aromatic rings. The number of guanidine groups is 1. The van der Waals surface area contributed by atoms with Gasteiger partial charge in [-0.25, -0.2) is 0 Å². The quantitative estimate of drug-likeness (QED) is 0.303. The Labute approximate surface area is 155 Å². The molecule has 0 spiro atoms. The van der Waals surface area contributed by atoms with Gasteiger partial charge in [-0.2, -0.15) is 0 Å². The molecule has 0 aliphatic carbocycles. The molecule has 2 rings (SSSR count). The zero-order valence-corrected chi connectivity index (χ0v) is 15.6. The van der Waals surface area contributed by atoms with E-state index in [0.29, 0.717) is 19.1 Å². The molecule has 0 aliphatic rings. The van der Waals surface area contributed by atoms with Gasteiger partial charge in [0.1, 0.15) is 0 Å². The van der Waals surface area contributed by atoms with E-state index in [0.717, 1.165) is 12.1 Å². The highest BCUT2D eigenvalue weighted by atomic mass is 127. The topological polar surface area (TPSA) is 59.6 Å². The Morgan fingerprint density at radius 3 is 2.35 bits per heavy atom. The molecule has 23 heavy (non-hydrogen) atoms. The highest BCUT2D eigenvalue weighted by molar-refractivity contribution is 14.0. The zero-order valence-electron chi connectivity index (χ0n) is 13.3. The summed E-state index contributed by atoms with van der Waals surface area (Å²) in [5.74, 6) is 0.433. The molecule has 124 valence electrons. The summed E-state index contributed by atoms with van der Waals surface area (Å²) in [6, 6.07) is 20.0. The van der Waals surface area contributed by atoms with Crippen LogP contribution in [0, 0.1) is 0 Å². The maximum absolute atomic E-state index is 5.84. The predicted octanol–water partition coefficient (Wildman–Crippen LogP) is 4.20. The number of nitrogens with zero attached hydrogens (tertiary/aromatic N) is 1. The number of nitrogens with one attached hydrogen (secondary N) is 1. The molecular formula is C18H24IN3O. The lowest BCUT2D eigenvalue weighted by atomic mass is 10.1. The van der Waals surface area contributed by atoms with Crippen molar-refractivity contribution < 1.29 is 4.74 Å². The number of rotatable bonds is 7. The van der Waals surface area contributed by atoms with Crippen LogP contribution in [0.5, 0.6) is 0 Å². The van der Waals surface area contributed by atoms with Crippen LogP contribution in [-0.4, -0.2) is 19.1 Å². The van der Waals surface area contributed by atoms with Crippen LogP contribution < -0.4 is 11.1 Å². The first-order chi connectivity index (χ1) is 10.8. The van der Waals surface area contributed by atoms with E-state index in [-0.39, 0.29) is 30.1 Å². The first-order valence-corrected chi connectivity index (χ1v) is 7.54. The number of benzene rings is 2. The van der Waals surface area contributed by atoms with Crippen LogP contribution in [0.3, 0.4) is 0 Å². The van der Waals surface area contributed by atoms with Crippen LogP contribution >= 0.6 is 24.0 Å². The molecule has 0 aromatic heterocycles. The van der Waals surface area contributed by atoms with Crippen LogP contribution in [0.2, 0.25) is 0 Å².